The van der Waals surface area contributed by atoms with Crippen molar-refractivity contribution in [3.63, 3.8) is 0 Å². The average Bonchev–Trinajstić information content (AvgIpc) is 2.67. The molecule has 3 aromatic rings. The van der Waals surface area contributed by atoms with Crippen molar-refractivity contribution in [2.24, 2.45) is 5.73 Å². The van der Waals surface area contributed by atoms with E-state index >= 15 is 0 Å². The van der Waals surface area contributed by atoms with E-state index in [1.165, 1.54) is 11.3 Å². The molecule has 0 atom stereocenters. The third-order valence-electron chi connectivity index (χ3n) is 4.94. The maximum absolute atomic E-state index is 12.9. The van der Waals surface area contributed by atoms with Gasteiger partial charge in [0.1, 0.15) is 5.75 Å². The fraction of sp³-hybridized carbons (Fsp3) is 0.381. The van der Waals surface area contributed by atoms with E-state index in [1.54, 1.807) is 18.2 Å². The van der Waals surface area contributed by atoms with E-state index < -0.39 is 5.54 Å². The quantitative estimate of drug-likeness (QED) is 0.362. The van der Waals surface area contributed by atoms with E-state index in [0.29, 0.717) is 53.8 Å². The number of aliphatic hydroxyl groups is 2. The van der Waals surface area contributed by atoms with Gasteiger partial charge in [0.05, 0.1) is 21.7 Å². The third kappa shape index (κ3) is 4.47. The van der Waals surface area contributed by atoms with Gasteiger partial charge in [0.25, 0.3) is 0 Å². The SMILES string of the molecule is NC(CCO)(CCO)CCCOc1ccc(Cl)c2c(=O)c3ccccc3sc12. The van der Waals surface area contributed by atoms with Gasteiger partial charge in [-0.3, -0.25) is 4.79 Å². The molecule has 0 radical (unpaired) electrons. The van der Waals surface area contributed by atoms with Crippen LogP contribution in [0.1, 0.15) is 25.7 Å². The van der Waals surface area contributed by atoms with E-state index in [2.05, 4.69) is 0 Å². The zero-order valence-corrected chi connectivity index (χ0v) is 17.1. The number of aliphatic hydroxyl groups excluding tert-OH is 2. The van der Waals surface area contributed by atoms with Crippen LogP contribution in [0.2, 0.25) is 5.02 Å². The number of hydrogen-bond donors (Lipinski definition) is 3. The molecule has 0 aliphatic rings. The minimum absolute atomic E-state index is 0.0137. The second-order valence-electron chi connectivity index (χ2n) is 6.94. The minimum Gasteiger partial charge on any atom is -0.492 e. The number of nitrogens with two attached hydrogens (primary N) is 1. The van der Waals surface area contributed by atoms with Crippen molar-refractivity contribution in [1.29, 1.82) is 0 Å². The van der Waals surface area contributed by atoms with E-state index in [0.717, 1.165) is 9.40 Å². The number of fused-ring (bicyclic) bond motifs is 2. The largest absolute Gasteiger partial charge is 0.492 e. The molecule has 4 N–H and O–H groups in total. The first-order valence-corrected chi connectivity index (χ1v) is 10.5. The molecule has 150 valence electrons. The topological polar surface area (TPSA) is 92.8 Å². The molecule has 0 saturated heterocycles. The van der Waals surface area contributed by atoms with Crippen molar-refractivity contribution >= 4 is 43.1 Å². The van der Waals surface area contributed by atoms with E-state index in [-0.39, 0.29) is 18.6 Å². The Morgan fingerprint density at radius 2 is 1.79 bits per heavy atom. The Morgan fingerprint density at radius 1 is 1.07 bits per heavy atom. The predicted molar refractivity (Wildman–Crippen MR) is 116 cm³/mol. The molecule has 0 unspecified atom stereocenters. The molecule has 0 aliphatic heterocycles. The van der Waals surface area contributed by atoms with Crippen LogP contribution in [-0.4, -0.2) is 35.6 Å². The number of benzene rings is 2. The molecular weight excluding hydrogens is 398 g/mol. The van der Waals surface area contributed by atoms with Crippen LogP contribution in [0.4, 0.5) is 0 Å². The summed E-state index contributed by atoms with van der Waals surface area (Å²) in [6.07, 6.45) is 2.16. The van der Waals surface area contributed by atoms with E-state index in [9.17, 15) is 15.0 Å². The molecule has 0 fully saturated rings. The fourth-order valence-electron chi connectivity index (χ4n) is 3.38. The highest BCUT2D eigenvalue weighted by Gasteiger charge is 2.23. The molecule has 3 rings (SSSR count). The van der Waals surface area contributed by atoms with Gasteiger partial charge in [-0.2, -0.15) is 0 Å². The average molecular weight is 422 g/mol. The maximum atomic E-state index is 12.9. The van der Waals surface area contributed by atoms with Gasteiger partial charge in [0.15, 0.2) is 5.43 Å². The van der Waals surface area contributed by atoms with E-state index in [1.807, 2.05) is 18.2 Å². The monoisotopic (exact) mass is 421 g/mol. The molecule has 2 aromatic carbocycles. The second kappa shape index (κ2) is 9.20. The lowest BCUT2D eigenvalue weighted by atomic mass is 9.88. The Morgan fingerprint density at radius 3 is 2.50 bits per heavy atom. The van der Waals surface area contributed by atoms with Gasteiger partial charge in [0.2, 0.25) is 0 Å². The van der Waals surface area contributed by atoms with Gasteiger partial charge in [-0.05, 0) is 49.9 Å². The minimum atomic E-state index is -0.601. The summed E-state index contributed by atoms with van der Waals surface area (Å²) in [4.78, 5) is 12.9. The van der Waals surface area contributed by atoms with Crippen LogP contribution in [0.15, 0.2) is 41.2 Å². The third-order valence-corrected chi connectivity index (χ3v) is 6.44. The molecular formula is C21H24ClNO4S. The highest BCUT2D eigenvalue weighted by Crippen LogP contribution is 2.36. The maximum Gasteiger partial charge on any atom is 0.197 e. The van der Waals surface area contributed by atoms with Gasteiger partial charge in [-0.15, -0.1) is 11.3 Å². The zero-order valence-electron chi connectivity index (χ0n) is 15.5. The summed E-state index contributed by atoms with van der Waals surface area (Å²) < 4.78 is 7.59. The van der Waals surface area contributed by atoms with Gasteiger partial charge in [-0.25, -0.2) is 0 Å². The molecule has 0 aliphatic carbocycles. The smallest absolute Gasteiger partial charge is 0.197 e. The van der Waals surface area contributed by atoms with Crippen LogP contribution >= 0.6 is 22.9 Å². The van der Waals surface area contributed by atoms with Gasteiger partial charge in [0, 0.05) is 28.8 Å². The summed E-state index contributed by atoms with van der Waals surface area (Å²) >= 11 is 7.80. The molecule has 5 nitrogen and oxygen atoms in total. The normalized spacial score (nSPS) is 12.0. The molecule has 1 aromatic heterocycles. The van der Waals surface area contributed by atoms with Crippen molar-refractivity contribution < 1.29 is 14.9 Å². The molecule has 0 saturated carbocycles. The fourth-order valence-corrected chi connectivity index (χ4v) is 4.85. The lowest BCUT2D eigenvalue weighted by molar-refractivity contribution is 0.176. The highest BCUT2D eigenvalue weighted by molar-refractivity contribution is 7.25. The molecule has 0 amide bonds. The van der Waals surface area contributed by atoms with Crippen molar-refractivity contribution in [2.45, 2.75) is 31.2 Å². The standard InChI is InChI=1S/C21H24ClNO4S/c22-15-6-7-16(27-13-3-8-21(23,9-11-24)10-12-25)20-18(15)19(26)14-4-1-2-5-17(14)28-20/h1-2,4-7,24-25H,3,8-13,23H2. The summed E-state index contributed by atoms with van der Waals surface area (Å²) in [5.41, 5.74) is 5.57. The molecule has 0 spiro atoms. The van der Waals surface area contributed by atoms with Crippen molar-refractivity contribution in [2.75, 3.05) is 19.8 Å². The first-order valence-electron chi connectivity index (χ1n) is 9.26. The summed E-state index contributed by atoms with van der Waals surface area (Å²) in [5.74, 6) is 0.624. The number of halogens is 1. The Hall–Kier alpha value is -1.70. The molecule has 0 bridgehead atoms. The summed E-state index contributed by atoms with van der Waals surface area (Å²) in [6.45, 7) is 0.390. The van der Waals surface area contributed by atoms with Crippen LogP contribution in [0, 0.1) is 0 Å². The number of ether oxygens (including phenoxy) is 1. The zero-order chi connectivity index (χ0) is 20.1. The lowest BCUT2D eigenvalue weighted by Gasteiger charge is -2.28. The number of hydrogen-bond acceptors (Lipinski definition) is 6. The van der Waals surface area contributed by atoms with E-state index in [4.69, 9.17) is 22.1 Å². The van der Waals surface area contributed by atoms with Crippen LogP contribution < -0.4 is 15.9 Å². The summed E-state index contributed by atoms with van der Waals surface area (Å²) in [5, 5.41) is 19.9. The van der Waals surface area contributed by atoms with Crippen LogP contribution in [0.25, 0.3) is 20.2 Å². The molecule has 28 heavy (non-hydrogen) atoms. The Bertz CT molecular complexity index is 1010. The lowest BCUT2D eigenvalue weighted by Crippen LogP contribution is -2.42. The predicted octanol–water partition coefficient (Wildman–Crippen LogP) is 3.69. The molecule has 7 heteroatoms. The Labute approximate surface area is 172 Å². The van der Waals surface area contributed by atoms with Crippen LogP contribution in [0.3, 0.4) is 0 Å². The first-order chi connectivity index (χ1) is 13.5. The van der Waals surface area contributed by atoms with Gasteiger partial charge < -0.3 is 20.7 Å². The summed E-state index contributed by atoms with van der Waals surface area (Å²) in [6, 6.07) is 10.9. The molecule has 1 heterocycles. The Kier molecular flexibility index (Phi) is 6.91. The number of rotatable bonds is 9. The van der Waals surface area contributed by atoms with Gasteiger partial charge in [-0.1, -0.05) is 23.7 Å². The highest BCUT2D eigenvalue weighted by atomic mass is 35.5. The Balaban J connectivity index is 1.82. The summed E-state index contributed by atoms with van der Waals surface area (Å²) in [7, 11) is 0. The van der Waals surface area contributed by atoms with Crippen LogP contribution in [0.5, 0.6) is 5.75 Å². The van der Waals surface area contributed by atoms with Crippen molar-refractivity contribution in [3.05, 3.63) is 51.6 Å². The van der Waals surface area contributed by atoms with Crippen LogP contribution in [-0.2, 0) is 0 Å². The van der Waals surface area contributed by atoms with Crippen molar-refractivity contribution in [1.82, 2.24) is 0 Å². The van der Waals surface area contributed by atoms with Gasteiger partial charge >= 0.3 is 0 Å². The second-order valence-corrected chi connectivity index (χ2v) is 8.40. The first kappa shape index (κ1) is 21.0. The van der Waals surface area contributed by atoms with Crippen molar-refractivity contribution in [3.8, 4) is 5.75 Å².